The number of hydrogen-bond acceptors (Lipinski definition) is 4. The van der Waals surface area contributed by atoms with Crippen molar-refractivity contribution in [2.75, 3.05) is 19.6 Å². The number of β-amino-alcohol motifs (C(OH)–C–C–N with tert-alkyl or cyclic N) is 1. The van der Waals surface area contributed by atoms with Crippen LogP contribution >= 0.6 is 0 Å². The topological polar surface area (TPSA) is 70.1 Å². The molecule has 0 bridgehead atoms. The summed E-state index contributed by atoms with van der Waals surface area (Å²) in [6.45, 7) is 5.97. The van der Waals surface area contributed by atoms with Gasteiger partial charge in [-0.2, -0.15) is 0 Å². The molecular formula is C23H36N2O4. The molecule has 1 aromatic rings. The van der Waals surface area contributed by atoms with Crippen LogP contribution in [0.25, 0.3) is 0 Å². The molecule has 1 N–H and O–H groups in total. The predicted molar refractivity (Wildman–Crippen MR) is 113 cm³/mol. The summed E-state index contributed by atoms with van der Waals surface area (Å²) in [5.74, 6) is -0.0665. The second-order valence-electron chi connectivity index (χ2n) is 7.84. The van der Waals surface area contributed by atoms with Gasteiger partial charge in [0.25, 0.3) is 0 Å². The molecule has 2 amide bonds. The molecule has 1 fully saturated rings. The molecule has 0 aliphatic carbocycles. The van der Waals surface area contributed by atoms with Crippen LogP contribution < -0.4 is 0 Å². The van der Waals surface area contributed by atoms with Crippen molar-refractivity contribution in [1.29, 1.82) is 0 Å². The number of carbonyl (C=O) groups is 2. The molecule has 162 valence electrons. The van der Waals surface area contributed by atoms with Crippen LogP contribution in [0.4, 0.5) is 4.79 Å². The molecule has 6 nitrogen and oxygen atoms in total. The van der Waals surface area contributed by atoms with Gasteiger partial charge in [0, 0.05) is 19.5 Å². The van der Waals surface area contributed by atoms with Gasteiger partial charge in [-0.3, -0.25) is 9.69 Å². The molecule has 29 heavy (non-hydrogen) atoms. The minimum absolute atomic E-state index is 0.0665. The summed E-state index contributed by atoms with van der Waals surface area (Å²) in [7, 11) is 0. The lowest BCUT2D eigenvalue weighted by molar-refractivity contribution is -0.135. The molecule has 1 aliphatic rings. The molecule has 6 heteroatoms. The molecule has 0 spiro atoms. The Bertz CT molecular complexity index is 623. The van der Waals surface area contributed by atoms with E-state index in [-0.39, 0.29) is 25.5 Å². The van der Waals surface area contributed by atoms with Gasteiger partial charge in [0.05, 0.1) is 12.6 Å². The summed E-state index contributed by atoms with van der Waals surface area (Å²) in [5.41, 5.74) is 0.893. The number of amides is 2. The van der Waals surface area contributed by atoms with E-state index in [0.29, 0.717) is 13.1 Å². The van der Waals surface area contributed by atoms with Crippen LogP contribution in [0.2, 0.25) is 0 Å². The Morgan fingerprint density at radius 1 is 1.07 bits per heavy atom. The highest BCUT2D eigenvalue weighted by molar-refractivity contribution is 5.86. The van der Waals surface area contributed by atoms with E-state index < -0.39 is 18.2 Å². The molecule has 0 radical (unpaired) electrons. The molecule has 2 rings (SSSR count). The van der Waals surface area contributed by atoms with Gasteiger partial charge in [-0.15, -0.1) is 0 Å². The monoisotopic (exact) mass is 404 g/mol. The fourth-order valence-electron chi connectivity index (χ4n) is 3.67. The molecule has 1 unspecified atom stereocenters. The van der Waals surface area contributed by atoms with Crippen molar-refractivity contribution < 1.29 is 19.4 Å². The van der Waals surface area contributed by atoms with E-state index in [1.54, 1.807) is 0 Å². The molecule has 0 saturated carbocycles. The average Bonchev–Trinajstić information content (AvgIpc) is 3.13. The molecule has 1 aromatic carbocycles. The highest BCUT2D eigenvalue weighted by Gasteiger charge is 2.41. The zero-order valence-electron chi connectivity index (χ0n) is 17.9. The number of ether oxygens (including phenoxy) is 1. The molecular weight excluding hydrogens is 368 g/mol. The molecule has 1 saturated heterocycles. The Morgan fingerprint density at radius 3 is 2.45 bits per heavy atom. The summed E-state index contributed by atoms with van der Waals surface area (Å²) < 4.78 is 5.42. The first-order valence-corrected chi connectivity index (χ1v) is 11.0. The van der Waals surface area contributed by atoms with Crippen LogP contribution in [0.15, 0.2) is 30.3 Å². The minimum Gasteiger partial charge on any atom is -0.445 e. The summed E-state index contributed by atoms with van der Waals surface area (Å²) in [6.07, 6.45) is 5.37. The van der Waals surface area contributed by atoms with Crippen LogP contribution in [0.5, 0.6) is 0 Å². The standard InChI is InChI=1S/C23H36N2O4/c1-3-5-7-11-15-24(14-6-4-2)22(27)21-16-20(26)17-25(21)23(28)29-18-19-12-9-8-10-13-19/h8-10,12-13,20-21,26H,3-7,11,14-18H2,1-2H3/t20?,21-/m0/s1. The van der Waals surface area contributed by atoms with Crippen LogP contribution in [-0.2, 0) is 16.1 Å². The van der Waals surface area contributed by atoms with E-state index in [9.17, 15) is 14.7 Å². The quantitative estimate of drug-likeness (QED) is 0.567. The van der Waals surface area contributed by atoms with Crippen LogP contribution in [-0.4, -0.2) is 58.7 Å². The number of likely N-dealkylation sites (tertiary alicyclic amines) is 1. The van der Waals surface area contributed by atoms with Crippen molar-refractivity contribution in [1.82, 2.24) is 9.80 Å². The Kier molecular flexibility index (Phi) is 9.98. The summed E-state index contributed by atoms with van der Waals surface area (Å²) in [6, 6.07) is 8.81. The van der Waals surface area contributed by atoms with Gasteiger partial charge in [0.1, 0.15) is 12.6 Å². The van der Waals surface area contributed by atoms with Gasteiger partial charge in [-0.05, 0) is 18.4 Å². The first-order chi connectivity index (χ1) is 14.1. The lowest BCUT2D eigenvalue weighted by atomic mass is 10.1. The Hall–Kier alpha value is -2.08. The van der Waals surface area contributed by atoms with E-state index >= 15 is 0 Å². The number of benzene rings is 1. The van der Waals surface area contributed by atoms with Gasteiger partial charge < -0.3 is 14.7 Å². The number of unbranched alkanes of at least 4 members (excludes halogenated alkanes) is 4. The van der Waals surface area contributed by atoms with Crippen molar-refractivity contribution in [2.24, 2.45) is 0 Å². The number of carbonyl (C=O) groups excluding carboxylic acids is 2. The second kappa shape index (κ2) is 12.5. The number of rotatable bonds is 11. The van der Waals surface area contributed by atoms with Gasteiger partial charge in [0.2, 0.25) is 5.91 Å². The highest BCUT2D eigenvalue weighted by atomic mass is 16.6. The zero-order valence-corrected chi connectivity index (χ0v) is 17.9. The smallest absolute Gasteiger partial charge is 0.410 e. The Morgan fingerprint density at radius 2 is 1.76 bits per heavy atom. The number of aliphatic hydroxyl groups is 1. The second-order valence-corrected chi connectivity index (χ2v) is 7.84. The van der Waals surface area contributed by atoms with E-state index in [1.165, 1.54) is 4.90 Å². The third kappa shape index (κ3) is 7.35. The molecule has 2 atom stereocenters. The lowest BCUT2D eigenvalue weighted by Crippen LogP contribution is -2.48. The van der Waals surface area contributed by atoms with Gasteiger partial charge in [-0.25, -0.2) is 4.79 Å². The van der Waals surface area contributed by atoms with Crippen molar-refractivity contribution in [2.45, 2.75) is 77.5 Å². The Labute approximate surface area is 174 Å². The SMILES string of the molecule is CCCCCCN(CCCC)C(=O)[C@@H]1CC(O)CN1C(=O)OCc1ccccc1. The van der Waals surface area contributed by atoms with Gasteiger partial charge in [-0.1, -0.05) is 69.9 Å². The zero-order chi connectivity index (χ0) is 21.1. The first kappa shape index (κ1) is 23.2. The lowest BCUT2D eigenvalue weighted by Gasteiger charge is -2.30. The first-order valence-electron chi connectivity index (χ1n) is 11.0. The van der Waals surface area contributed by atoms with E-state index in [1.807, 2.05) is 35.2 Å². The maximum Gasteiger partial charge on any atom is 0.410 e. The largest absolute Gasteiger partial charge is 0.445 e. The van der Waals surface area contributed by atoms with E-state index in [4.69, 9.17) is 4.74 Å². The molecule has 0 aromatic heterocycles. The minimum atomic E-state index is -0.693. The van der Waals surface area contributed by atoms with E-state index in [2.05, 4.69) is 13.8 Å². The summed E-state index contributed by atoms with van der Waals surface area (Å²) in [5, 5.41) is 10.1. The third-order valence-corrected chi connectivity index (χ3v) is 5.38. The van der Waals surface area contributed by atoms with Gasteiger partial charge in [0.15, 0.2) is 0 Å². The highest BCUT2D eigenvalue weighted by Crippen LogP contribution is 2.22. The number of nitrogens with zero attached hydrogens (tertiary/aromatic N) is 2. The number of hydrogen-bond donors (Lipinski definition) is 1. The van der Waals surface area contributed by atoms with Crippen LogP contribution in [0.3, 0.4) is 0 Å². The Balaban J connectivity index is 1.98. The summed E-state index contributed by atoms with van der Waals surface area (Å²) >= 11 is 0. The fraction of sp³-hybridized carbons (Fsp3) is 0.652. The summed E-state index contributed by atoms with van der Waals surface area (Å²) in [4.78, 5) is 29.1. The fourth-order valence-corrected chi connectivity index (χ4v) is 3.67. The van der Waals surface area contributed by atoms with Crippen molar-refractivity contribution >= 4 is 12.0 Å². The third-order valence-electron chi connectivity index (χ3n) is 5.38. The average molecular weight is 405 g/mol. The predicted octanol–water partition coefficient (Wildman–Crippen LogP) is 3.97. The van der Waals surface area contributed by atoms with E-state index in [0.717, 1.165) is 44.1 Å². The molecule has 1 aliphatic heterocycles. The molecule has 1 heterocycles. The number of aliphatic hydroxyl groups excluding tert-OH is 1. The van der Waals surface area contributed by atoms with Gasteiger partial charge >= 0.3 is 6.09 Å². The normalized spacial score (nSPS) is 18.7. The van der Waals surface area contributed by atoms with Crippen molar-refractivity contribution in [3.8, 4) is 0 Å². The van der Waals surface area contributed by atoms with Crippen molar-refractivity contribution in [3.05, 3.63) is 35.9 Å². The maximum absolute atomic E-state index is 13.2. The van der Waals surface area contributed by atoms with Crippen LogP contribution in [0.1, 0.15) is 64.4 Å². The van der Waals surface area contributed by atoms with Crippen LogP contribution in [0, 0.1) is 0 Å². The maximum atomic E-state index is 13.2. The van der Waals surface area contributed by atoms with Crippen molar-refractivity contribution in [3.63, 3.8) is 0 Å².